The first-order valence-electron chi connectivity index (χ1n) is 7.28. The third-order valence-corrected chi connectivity index (χ3v) is 3.80. The van der Waals surface area contributed by atoms with E-state index < -0.39 is 5.97 Å². The second kappa shape index (κ2) is 6.07. The molecule has 4 heteroatoms. The molecule has 4 nitrogen and oxygen atoms in total. The second-order valence-electron chi connectivity index (χ2n) is 5.31. The van der Waals surface area contributed by atoms with E-state index in [9.17, 15) is 4.79 Å². The smallest absolute Gasteiger partial charge is 0.335 e. The summed E-state index contributed by atoms with van der Waals surface area (Å²) in [6, 6.07) is 5.16. The molecule has 0 radical (unpaired) electrons. The minimum atomic E-state index is -0.905. The van der Waals surface area contributed by atoms with Crippen LogP contribution in [0.15, 0.2) is 18.2 Å². The molecule has 1 heterocycles. The fourth-order valence-electron chi connectivity index (χ4n) is 2.82. The molecule has 0 spiro atoms. The van der Waals surface area contributed by atoms with Gasteiger partial charge in [0.2, 0.25) is 0 Å². The van der Waals surface area contributed by atoms with E-state index in [0.717, 1.165) is 42.5 Å². The van der Waals surface area contributed by atoms with Crippen molar-refractivity contribution in [1.29, 1.82) is 0 Å². The van der Waals surface area contributed by atoms with Crippen LogP contribution >= 0.6 is 0 Å². The zero-order chi connectivity index (χ0) is 14.7. The summed E-state index contributed by atoms with van der Waals surface area (Å²) >= 11 is 0. The highest BCUT2D eigenvalue weighted by molar-refractivity contribution is 5.92. The number of aromatic nitrogens is 2. The Balaban J connectivity index is 2.48. The molecule has 2 aromatic rings. The molecule has 2 rings (SSSR count). The first kappa shape index (κ1) is 14.6. The molecule has 0 bridgehead atoms. The molecular weight excluding hydrogens is 252 g/mol. The average Bonchev–Trinajstić information content (AvgIpc) is 2.75. The zero-order valence-electron chi connectivity index (χ0n) is 12.4. The monoisotopic (exact) mass is 274 g/mol. The first-order valence-corrected chi connectivity index (χ1v) is 7.28. The van der Waals surface area contributed by atoms with Crippen molar-refractivity contribution in [3.05, 3.63) is 29.6 Å². The van der Waals surface area contributed by atoms with Crippen molar-refractivity contribution in [3.63, 3.8) is 0 Å². The number of carboxylic acids is 1. The molecule has 108 valence electrons. The van der Waals surface area contributed by atoms with Crippen LogP contribution in [0.5, 0.6) is 0 Å². The number of hydrogen-bond acceptors (Lipinski definition) is 2. The van der Waals surface area contributed by atoms with E-state index in [4.69, 9.17) is 10.1 Å². The zero-order valence-corrected chi connectivity index (χ0v) is 12.4. The molecule has 1 aromatic heterocycles. The fourth-order valence-corrected chi connectivity index (χ4v) is 2.82. The molecule has 0 saturated carbocycles. The summed E-state index contributed by atoms with van der Waals surface area (Å²) in [5.41, 5.74) is 2.08. The lowest BCUT2D eigenvalue weighted by atomic mass is 9.97. The Labute approximate surface area is 119 Å². The number of rotatable bonds is 6. The standard InChI is InChI=1S/C16H22N2O2/c1-4-6-11(7-5-2)15-17-13-10-12(16(19)20)8-9-14(13)18(15)3/h8-11H,4-7H2,1-3H3,(H,19,20). The number of hydrogen-bond donors (Lipinski definition) is 1. The first-order chi connectivity index (χ1) is 9.58. The highest BCUT2D eigenvalue weighted by Crippen LogP contribution is 2.28. The van der Waals surface area contributed by atoms with Crippen molar-refractivity contribution in [2.45, 2.75) is 45.4 Å². The lowest BCUT2D eigenvalue weighted by Gasteiger charge is -2.14. The molecule has 0 fully saturated rings. The summed E-state index contributed by atoms with van der Waals surface area (Å²) in [6.07, 6.45) is 4.51. The van der Waals surface area contributed by atoms with Crippen LogP contribution in [-0.4, -0.2) is 20.6 Å². The molecule has 0 aliphatic carbocycles. The minimum Gasteiger partial charge on any atom is -0.478 e. The van der Waals surface area contributed by atoms with E-state index >= 15 is 0 Å². The molecule has 0 saturated heterocycles. The SMILES string of the molecule is CCCC(CCC)c1nc2cc(C(=O)O)ccc2n1C. The normalized spacial score (nSPS) is 11.4. The van der Waals surface area contributed by atoms with Crippen LogP contribution in [0.4, 0.5) is 0 Å². The van der Waals surface area contributed by atoms with Crippen molar-refractivity contribution in [3.8, 4) is 0 Å². The van der Waals surface area contributed by atoms with Crippen LogP contribution in [0.3, 0.4) is 0 Å². The van der Waals surface area contributed by atoms with Crippen molar-refractivity contribution in [2.24, 2.45) is 7.05 Å². The number of carboxylic acid groups (broad SMARTS) is 1. The number of aromatic carboxylic acids is 1. The molecule has 1 aromatic carbocycles. The highest BCUT2D eigenvalue weighted by atomic mass is 16.4. The van der Waals surface area contributed by atoms with E-state index in [1.165, 1.54) is 0 Å². The van der Waals surface area contributed by atoms with Gasteiger partial charge in [0.25, 0.3) is 0 Å². The average molecular weight is 274 g/mol. The molecular formula is C16H22N2O2. The molecule has 0 unspecified atom stereocenters. The van der Waals surface area contributed by atoms with Crippen LogP contribution in [0.1, 0.15) is 61.6 Å². The summed E-state index contributed by atoms with van der Waals surface area (Å²) in [6.45, 7) is 4.38. The molecule has 0 amide bonds. The topological polar surface area (TPSA) is 55.1 Å². The summed E-state index contributed by atoms with van der Waals surface area (Å²) in [5, 5.41) is 9.06. The predicted octanol–water partition coefficient (Wildman–Crippen LogP) is 3.96. The Bertz CT molecular complexity index is 610. The Morgan fingerprint density at radius 3 is 2.50 bits per heavy atom. The highest BCUT2D eigenvalue weighted by Gasteiger charge is 2.18. The van der Waals surface area contributed by atoms with Gasteiger partial charge in [-0.15, -0.1) is 0 Å². The van der Waals surface area contributed by atoms with Crippen molar-refractivity contribution in [1.82, 2.24) is 9.55 Å². The van der Waals surface area contributed by atoms with E-state index in [1.54, 1.807) is 12.1 Å². The van der Waals surface area contributed by atoms with Gasteiger partial charge in [0, 0.05) is 13.0 Å². The van der Waals surface area contributed by atoms with Crippen LogP contribution in [0.2, 0.25) is 0 Å². The number of benzene rings is 1. The number of nitrogens with zero attached hydrogens (tertiary/aromatic N) is 2. The fraction of sp³-hybridized carbons (Fsp3) is 0.500. The third kappa shape index (κ3) is 2.69. The second-order valence-corrected chi connectivity index (χ2v) is 5.31. The van der Waals surface area contributed by atoms with Gasteiger partial charge in [-0.1, -0.05) is 26.7 Å². The molecule has 20 heavy (non-hydrogen) atoms. The quantitative estimate of drug-likeness (QED) is 0.867. The van der Waals surface area contributed by atoms with Gasteiger partial charge < -0.3 is 9.67 Å². The van der Waals surface area contributed by atoms with Gasteiger partial charge in [0.05, 0.1) is 16.6 Å². The van der Waals surface area contributed by atoms with E-state index in [0.29, 0.717) is 11.5 Å². The summed E-state index contributed by atoms with van der Waals surface area (Å²) in [7, 11) is 2.02. The van der Waals surface area contributed by atoms with E-state index in [2.05, 4.69) is 18.4 Å². The largest absolute Gasteiger partial charge is 0.478 e. The van der Waals surface area contributed by atoms with Gasteiger partial charge in [-0.05, 0) is 31.0 Å². The number of aryl methyl sites for hydroxylation is 1. The van der Waals surface area contributed by atoms with Crippen LogP contribution < -0.4 is 0 Å². The maximum absolute atomic E-state index is 11.0. The molecule has 1 N–H and O–H groups in total. The number of carbonyl (C=O) groups is 1. The van der Waals surface area contributed by atoms with Crippen LogP contribution in [0.25, 0.3) is 11.0 Å². The van der Waals surface area contributed by atoms with Crippen molar-refractivity contribution >= 4 is 17.0 Å². The minimum absolute atomic E-state index is 0.296. The van der Waals surface area contributed by atoms with Gasteiger partial charge in [-0.3, -0.25) is 0 Å². The number of fused-ring (bicyclic) bond motifs is 1. The van der Waals surface area contributed by atoms with Gasteiger partial charge in [0.1, 0.15) is 5.82 Å². The maximum atomic E-state index is 11.0. The van der Waals surface area contributed by atoms with Gasteiger partial charge in [-0.2, -0.15) is 0 Å². The van der Waals surface area contributed by atoms with Crippen LogP contribution in [-0.2, 0) is 7.05 Å². The molecule has 0 aliphatic heterocycles. The summed E-state index contributed by atoms with van der Waals surface area (Å²) < 4.78 is 2.11. The van der Waals surface area contributed by atoms with Crippen molar-refractivity contribution in [2.75, 3.05) is 0 Å². The Hall–Kier alpha value is -1.84. The molecule has 0 aliphatic rings. The lowest BCUT2D eigenvalue weighted by Crippen LogP contribution is -2.06. The summed E-state index contributed by atoms with van der Waals surface area (Å²) in [5.74, 6) is 0.625. The molecule has 0 atom stereocenters. The number of imidazole rings is 1. The van der Waals surface area contributed by atoms with Gasteiger partial charge in [-0.25, -0.2) is 9.78 Å². The Kier molecular flexibility index (Phi) is 4.42. The Morgan fingerprint density at radius 2 is 1.95 bits per heavy atom. The van der Waals surface area contributed by atoms with Gasteiger partial charge in [0.15, 0.2) is 0 Å². The maximum Gasteiger partial charge on any atom is 0.335 e. The lowest BCUT2D eigenvalue weighted by molar-refractivity contribution is 0.0697. The van der Waals surface area contributed by atoms with E-state index in [-0.39, 0.29) is 0 Å². The predicted molar refractivity (Wildman–Crippen MR) is 80.2 cm³/mol. The summed E-state index contributed by atoms with van der Waals surface area (Å²) in [4.78, 5) is 15.7. The Morgan fingerprint density at radius 1 is 1.30 bits per heavy atom. The third-order valence-electron chi connectivity index (χ3n) is 3.80. The van der Waals surface area contributed by atoms with Crippen molar-refractivity contribution < 1.29 is 9.90 Å². The van der Waals surface area contributed by atoms with Crippen LogP contribution in [0, 0.1) is 0 Å². The van der Waals surface area contributed by atoms with E-state index in [1.807, 2.05) is 13.1 Å². The van der Waals surface area contributed by atoms with Gasteiger partial charge >= 0.3 is 5.97 Å².